The van der Waals surface area contributed by atoms with Crippen LogP contribution in [0.2, 0.25) is 0 Å². The number of methoxy groups -OCH3 is 1. The molecule has 0 saturated carbocycles. The van der Waals surface area contributed by atoms with Crippen LogP contribution in [0.5, 0.6) is 0 Å². The van der Waals surface area contributed by atoms with Crippen LogP contribution in [0.4, 0.5) is 0 Å². The van der Waals surface area contributed by atoms with Gasteiger partial charge in [-0.2, -0.15) is 0 Å². The molecule has 0 aromatic heterocycles. The molecule has 3 rings (SSSR count). The van der Waals surface area contributed by atoms with Crippen LogP contribution in [0.15, 0.2) is 0 Å². The Labute approximate surface area is 201 Å². The number of hydrogen-bond acceptors (Lipinski definition) is 13. The maximum absolute atomic E-state index is 11.4. The van der Waals surface area contributed by atoms with E-state index in [1.165, 1.54) is 14.0 Å². The molecule has 0 aromatic rings. The topological polar surface area (TPSA) is 214 Å². The first-order chi connectivity index (χ1) is 16.4. The van der Waals surface area contributed by atoms with Gasteiger partial charge in [0.15, 0.2) is 18.7 Å². The molecule has 15 atom stereocenters. The Hall–Kier alpha value is -1.01. The van der Waals surface area contributed by atoms with Gasteiger partial charge in [0.1, 0.15) is 48.8 Å². The van der Waals surface area contributed by atoms with Gasteiger partial charge in [-0.3, -0.25) is 0 Å². The average Bonchev–Trinajstić information content (AvgIpc) is 2.81. The summed E-state index contributed by atoms with van der Waals surface area (Å²) in [7, 11) is 1.37. The molecule has 0 amide bonds. The smallest absolute Gasteiger partial charge is 0.333 e. The predicted molar refractivity (Wildman–Crippen MR) is 112 cm³/mol. The van der Waals surface area contributed by atoms with Crippen molar-refractivity contribution in [1.29, 1.82) is 0 Å². The third kappa shape index (κ3) is 5.79. The van der Waals surface area contributed by atoms with Crippen molar-refractivity contribution in [3.05, 3.63) is 0 Å². The van der Waals surface area contributed by atoms with Crippen LogP contribution >= 0.6 is 0 Å². The van der Waals surface area contributed by atoms with Gasteiger partial charge < -0.3 is 64.2 Å². The second-order valence-corrected chi connectivity index (χ2v) is 9.29. The molecule has 7 N–H and O–H groups in total. The fourth-order valence-electron chi connectivity index (χ4n) is 4.62. The minimum absolute atomic E-state index is 0.524. The van der Waals surface area contributed by atoms with E-state index < -0.39 is 104 Å². The van der Waals surface area contributed by atoms with E-state index in [4.69, 9.17) is 28.4 Å². The van der Waals surface area contributed by atoms with Gasteiger partial charge in [-0.1, -0.05) is 6.92 Å². The van der Waals surface area contributed by atoms with E-state index in [9.17, 15) is 40.5 Å². The monoisotopic (exact) mass is 512 g/mol. The molecule has 3 aliphatic heterocycles. The van der Waals surface area contributed by atoms with Gasteiger partial charge in [0.25, 0.3) is 0 Å². The lowest BCUT2D eigenvalue weighted by atomic mass is 9.91. The molecule has 0 spiro atoms. The molecule has 14 heteroatoms. The van der Waals surface area contributed by atoms with Crippen molar-refractivity contribution in [3.63, 3.8) is 0 Å². The number of aliphatic carboxylic acids is 1. The molecule has 3 aliphatic rings. The Morgan fingerprint density at radius 2 is 1.37 bits per heavy atom. The van der Waals surface area contributed by atoms with Crippen molar-refractivity contribution in [3.8, 4) is 0 Å². The normalized spacial score (nSPS) is 51.2. The number of carboxylic acid groups (broad SMARTS) is 1. The van der Waals surface area contributed by atoms with Crippen molar-refractivity contribution < 1.29 is 69.0 Å². The summed E-state index contributed by atoms with van der Waals surface area (Å²) in [6.07, 6.45) is -17.8. The molecule has 3 saturated heterocycles. The molecule has 0 aromatic carbocycles. The van der Waals surface area contributed by atoms with Gasteiger partial charge >= 0.3 is 5.97 Å². The predicted octanol–water partition coefficient (Wildman–Crippen LogP) is -3.45. The van der Waals surface area contributed by atoms with Crippen molar-refractivity contribution in [1.82, 2.24) is 0 Å². The Balaban J connectivity index is 1.68. The molecule has 0 bridgehead atoms. The fraction of sp³-hybridized carbons (Fsp3) is 0.952. The van der Waals surface area contributed by atoms with Crippen molar-refractivity contribution in [2.24, 2.45) is 5.92 Å². The number of hydrogen-bond donors (Lipinski definition) is 7. The average molecular weight is 513 g/mol. The summed E-state index contributed by atoms with van der Waals surface area (Å²) in [5.41, 5.74) is 0. The number of aliphatic hydroxyl groups is 6. The largest absolute Gasteiger partial charge is 0.479 e. The highest BCUT2D eigenvalue weighted by atomic mass is 16.7. The van der Waals surface area contributed by atoms with Crippen LogP contribution < -0.4 is 0 Å². The van der Waals surface area contributed by atoms with Crippen LogP contribution in [-0.2, 0) is 33.2 Å². The van der Waals surface area contributed by atoms with Crippen LogP contribution in [-0.4, -0.2) is 141 Å². The van der Waals surface area contributed by atoms with E-state index in [1.807, 2.05) is 0 Å². The van der Waals surface area contributed by atoms with Gasteiger partial charge in [-0.25, -0.2) is 4.79 Å². The number of aliphatic hydroxyl groups excluding tert-OH is 6. The summed E-state index contributed by atoms with van der Waals surface area (Å²) in [4.78, 5) is 11.4. The lowest BCUT2D eigenvalue weighted by Crippen LogP contribution is -2.64. The summed E-state index contributed by atoms with van der Waals surface area (Å²) < 4.78 is 33.1. The molecular weight excluding hydrogens is 476 g/mol. The summed E-state index contributed by atoms with van der Waals surface area (Å²) in [6.45, 7) is 4.21. The SMILES string of the molecule is CO[C@@H]1C(O[C@H]2OC(CO[C@H]3OC(C(=O)O)[C@@H](C)C(O)[C@@H]3O)[C@@H](O)C(O)[C@@H]2O)C(C)OC(C)[C@@H]1O. The van der Waals surface area contributed by atoms with Crippen molar-refractivity contribution in [2.45, 2.75) is 107 Å². The second kappa shape index (κ2) is 11.6. The third-order valence-electron chi connectivity index (χ3n) is 6.86. The van der Waals surface area contributed by atoms with E-state index in [0.29, 0.717) is 0 Å². The maximum atomic E-state index is 11.4. The molecule has 0 aliphatic carbocycles. The van der Waals surface area contributed by atoms with Crippen molar-refractivity contribution in [2.75, 3.05) is 13.7 Å². The summed E-state index contributed by atoms with van der Waals surface area (Å²) in [5, 5.41) is 71.2. The Bertz CT molecular complexity index is 710. The van der Waals surface area contributed by atoms with E-state index in [0.717, 1.165) is 0 Å². The van der Waals surface area contributed by atoms with Gasteiger partial charge in [0.2, 0.25) is 0 Å². The van der Waals surface area contributed by atoms with Gasteiger partial charge in [0, 0.05) is 13.0 Å². The summed E-state index contributed by atoms with van der Waals surface area (Å²) in [5.74, 6) is -2.27. The zero-order valence-corrected chi connectivity index (χ0v) is 19.9. The second-order valence-electron chi connectivity index (χ2n) is 9.29. The highest BCUT2D eigenvalue weighted by Gasteiger charge is 2.51. The Kier molecular flexibility index (Phi) is 9.45. The summed E-state index contributed by atoms with van der Waals surface area (Å²) in [6, 6.07) is 0. The van der Waals surface area contributed by atoms with Crippen LogP contribution in [0, 0.1) is 5.92 Å². The highest BCUT2D eigenvalue weighted by Crippen LogP contribution is 2.31. The molecule has 3 heterocycles. The molecule has 204 valence electrons. The number of carbonyl (C=O) groups is 1. The quantitative estimate of drug-likeness (QED) is 0.177. The van der Waals surface area contributed by atoms with Gasteiger partial charge in [0.05, 0.1) is 24.9 Å². The Morgan fingerprint density at radius 1 is 0.743 bits per heavy atom. The van der Waals surface area contributed by atoms with Gasteiger partial charge in [-0.05, 0) is 13.8 Å². The maximum Gasteiger partial charge on any atom is 0.333 e. The molecule has 0 radical (unpaired) electrons. The summed E-state index contributed by atoms with van der Waals surface area (Å²) >= 11 is 0. The minimum Gasteiger partial charge on any atom is -0.479 e. The molecule has 35 heavy (non-hydrogen) atoms. The third-order valence-corrected chi connectivity index (χ3v) is 6.86. The number of carboxylic acids is 1. The zero-order valence-electron chi connectivity index (χ0n) is 19.9. The van der Waals surface area contributed by atoms with Crippen LogP contribution in [0.25, 0.3) is 0 Å². The molecule has 3 fully saturated rings. The van der Waals surface area contributed by atoms with E-state index in [2.05, 4.69) is 0 Å². The van der Waals surface area contributed by atoms with E-state index in [1.54, 1.807) is 13.8 Å². The van der Waals surface area contributed by atoms with E-state index in [-0.39, 0.29) is 0 Å². The van der Waals surface area contributed by atoms with Crippen molar-refractivity contribution >= 4 is 5.97 Å². The van der Waals surface area contributed by atoms with E-state index >= 15 is 0 Å². The fourth-order valence-corrected chi connectivity index (χ4v) is 4.62. The molecule has 7 unspecified atom stereocenters. The lowest BCUT2D eigenvalue weighted by molar-refractivity contribution is -0.349. The Morgan fingerprint density at radius 3 is 1.97 bits per heavy atom. The number of rotatable bonds is 7. The molecule has 14 nitrogen and oxygen atoms in total. The standard InChI is InChI=1S/C21H36O14/c1-6-10(22)14(26)20(34-16(6)19(28)29)31-5-9-12(24)13(25)15(27)21(33-9)35-17-8(3)32-7(2)11(23)18(17)30-4/h6-18,20-27H,5H2,1-4H3,(H,28,29)/t6-,7?,8?,9?,10?,11-,12+,13?,14-,15-,16?,17?,18-,20-,21+/m0/s1. The zero-order chi connectivity index (χ0) is 26.2. The van der Waals surface area contributed by atoms with Gasteiger partial charge in [-0.15, -0.1) is 0 Å². The first-order valence-corrected chi connectivity index (χ1v) is 11.5. The van der Waals surface area contributed by atoms with Crippen LogP contribution in [0.3, 0.4) is 0 Å². The first kappa shape index (κ1) is 28.6. The lowest BCUT2D eigenvalue weighted by Gasteiger charge is -2.46. The molecular formula is C21H36O14. The first-order valence-electron chi connectivity index (χ1n) is 11.5. The minimum atomic E-state index is -1.72. The number of ether oxygens (including phenoxy) is 6. The highest BCUT2D eigenvalue weighted by molar-refractivity contribution is 5.73. The van der Waals surface area contributed by atoms with Crippen LogP contribution in [0.1, 0.15) is 20.8 Å².